The zero-order valence-corrected chi connectivity index (χ0v) is 8.61. The van der Waals surface area contributed by atoms with Crippen LogP contribution in [0, 0.1) is 11.3 Å². The molecule has 0 atom stereocenters. The summed E-state index contributed by atoms with van der Waals surface area (Å²) in [7, 11) is 0. The smallest absolute Gasteiger partial charge is 0.0991 e. The molecule has 0 N–H and O–H groups in total. The summed E-state index contributed by atoms with van der Waals surface area (Å²) in [4.78, 5) is 0. The van der Waals surface area contributed by atoms with Crippen LogP contribution in [0.1, 0.15) is 26.3 Å². The van der Waals surface area contributed by atoms with E-state index in [4.69, 9.17) is 5.26 Å². The van der Waals surface area contributed by atoms with Gasteiger partial charge in [0.15, 0.2) is 0 Å². The van der Waals surface area contributed by atoms with E-state index in [2.05, 4.69) is 0 Å². The summed E-state index contributed by atoms with van der Waals surface area (Å²) in [5.41, 5.74) is 0.696. The number of hydroxylamine groups is 1. The Hall–Kier alpha value is -1.53. The minimum absolute atomic E-state index is 0.450. The highest BCUT2D eigenvalue weighted by molar-refractivity contribution is 5.48. The van der Waals surface area contributed by atoms with E-state index in [1.807, 2.05) is 26.8 Å². The van der Waals surface area contributed by atoms with Crippen LogP contribution in [0.5, 0.6) is 0 Å². The summed E-state index contributed by atoms with van der Waals surface area (Å²) in [5.74, 6) is 0. The molecule has 0 fully saturated rings. The molecule has 1 radical (unpaired) electrons. The Labute approximate surface area is 84.2 Å². The number of anilines is 1. The van der Waals surface area contributed by atoms with Gasteiger partial charge in [-0.3, -0.25) is 0 Å². The molecule has 3 nitrogen and oxygen atoms in total. The maximum absolute atomic E-state index is 11.7. The largest absolute Gasteiger partial charge is 0.215 e. The number of hydrogen-bond acceptors (Lipinski definition) is 2. The molecule has 14 heavy (non-hydrogen) atoms. The first-order valence-corrected chi connectivity index (χ1v) is 4.42. The molecule has 1 aromatic carbocycles. The highest BCUT2D eigenvalue weighted by Gasteiger charge is 2.21. The average molecular weight is 189 g/mol. The van der Waals surface area contributed by atoms with Crippen LogP contribution in [0.2, 0.25) is 0 Å². The molecule has 0 aliphatic carbocycles. The molecular formula is C11H13N2O. The molecule has 0 bridgehead atoms. The molecule has 1 aromatic rings. The van der Waals surface area contributed by atoms with Gasteiger partial charge in [0.25, 0.3) is 0 Å². The van der Waals surface area contributed by atoms with Gasteiger partial charge in [0.2, 0.25) is 0 Å². The molecule has 73 valence electrons. The zero-order valence-electron chi connectivity index (χ0n) is 8.61. The summed E-state index contributed by atoms with van der Waals surface area (Å²) in [6, 6.07) is 8.63. The highest BCUT2D eigenvalue weighted by atomic mass is 16.5. The fraction of sp³-hybridized carbons (Fsp3) is 0.364. The molecule has 0 spiro atoms. The normalized spacial score (nSPS) is 10.8. The SMILES string of the molecule is CC(C)(C)N([O])c1ccc(C#N)cc1. The Bertz CT molecular complexity index is 343. The third-order valence-corrected chi connectivity index (χ3v) is 1.84. The van der Waals surface area contributed by atoms with Crippen molar-refractivity contribution in [3.63, 3.8) is 0 Å². The van der Waals surface area contributed by atoms with E-state index in [0.717, 1.165) is 5.06 Å². The van der Waals surface area contributed by atoms with E-state index in [1.54, 1.807) is 24.3 Å². The highest BCUT2D eigenvalue weighted by Crippen LogP contribution is 2.21. The first kappa shape index (κ1) is 10.6. The Morgan fingerprint density at radius 2 is 1.71 bits per heavy atom. The van der Waals surface area contributed by atoms with Gasteiger partial charge < -0.3 is 0 Å². The standard InChI is InChI=1S/C11H13N2O/c1-11(2,3)13(14)10-6-4-9(8-12)5-7-10/h4-7H,1-3H3. The Morgan fingerprint density at radius 1 is 1.21 bits per heavy atom. The molecule has 0 aliphatic rings. The van der Waals surface area contributed by atoms with Gasteiger partial charge in [-0.1, -0.05) is 5.21 Å². The molecule has 0 unspecified atom stereocenters. The van der Waals surface area contributed by atoms with Crippen LogP contribution in [0.4, 0.5) is 5.69 Å². The topological polar surface area (TPSA) is 46.9 Å². The van der Waals surface area contributed by atoms with Gasteiger partial charge >= 0.3 is 0 Å². The van der Waals surface area contributed by atoms with Gasteiger partial charge in [-0.2, -0.15) is 5.26 Å². The molecule has 0 saturated heterocycles. The van der Waals surface area contributed by atoms with Gasteiger partial charge in [-0.15, -0.1) is 0 Å². The lowest BCUT2D eigenvalue weighted by atomic mass is 10.1. The molecule has 0 heterocycles. The maximum Gasteiger partial charge on any atom is 0.0991 e. The van der Waals surface area contributed by atoms with Crippen molar-refractivity contribution in [2.24, 2.45) is 0 Å². The molecule has 3 heteroatoms. The third-order valence-electron chi connectivity index (χ3n) is 1.84. The van der Waals surface area contributed by atoms with Crippen LogP contribution in [-0.4, -0.2) is 5.54 Å². The number of rotatable bonds is 1. The fourth-order valence-corrected chi connectivity index (χ4v) is 1.06. The van der Waals surface area contributed by atoms with E-state index in [1.165, 1.54) is 0 Å². The lowest BCUT2D eigenvalue weighted by Gasteiger charge is -2.28. The van der Waals surface area contributed by atoms with Crippen molar-refractivity contribution in [2.75, 3.05) is 5.06 Å². The van der Waals surface area contributed by atoms with Crippen molar-refractivity contribution < 1.29 is 5.21 Å². The monoisotopic (exact) mass is 189 g/mol. The van der Waals surface area contributed by atoms with E-state index >= 15 is 0 Å². The molecule has 0 aliphatic heterocycles. The van der Waals surface area contributed by atoms with Crippen molar-refractivity contribution in [1.29, 1.82) is 5.26 Å². The average Bonchev–Trinajstić information content (AvgIpc) is 2.15. The molecule has 0 amide bonds. The first-order chi connectivity index (χ1) is 6.45. The molecular weight excluding hydrogens is 176 g/mol. The van der Waals surface area contributed by atoms with Gasteiger partial charge in [0.1, 0.15) is 0 Å². The van der Waals surface area contributed by atoms with Crippen molar-refractivity contribution in [1.82, 2.24) is 0 Å². The van der Waals surface area contributed by atoms with Gasteiger partial charge in [-0.05, 0) is 45.0 Å². The summed E-state index contributed by atoms with van der Waals surface area (Å²) in [6.45, 7) is 5.54. The second-order valence-electron chi connectivity index (χ2n) is 4.12. The van der Waals surface area contributed by atoms with Crippen molar-refractivity contribution in [3.8, 4) is 6.07 Å². The number of nitrogens with zero attached hydrogens (tertiary/aromatic N) is 2. The molecule has 1 rings (SSSR count). The van der Waals surface area contributed by atoms with E-state index in [-0.39, 0.29) is 0 Å². The van der Waals surface area contributed by atoms with Crippen molar-refractivity contribution in [2.45, 2.75) is 26.3 Å². The van der Waals surface area contributed by atoms with Crippen molar-refractivity contribution in [3.05, 3.63) is 29.8 Å². The number of benzene rings is 1. The Kier molecular flexibility index (Phi) is 2.78. The van der Waals surface area contributed by atoms with Crippen LogP contribution in [-0.2, 0) is 5.21 Å². The van der Waals surface area contributed by atoms with Crippen LogP contribution in [0.15, 0.2) is 24.3 Å². The lowest BCUT2D eigenvalue weighted by molar-refractivity contribution is 0.102. The minimum atomic E-state index is -0.450. The van der Waals surface area contributed by atoms with E-state index in [0.29, 0.717) is 11.3 Å². The van der Waals surface area contributed by atoms with Crippen molar-refractivity contribution >= 4 is 5.69 Å². The maximum atomic E-state index is 11.7. The van der Waals surface area contributed by atoms with Gasteiger partial charge in [0, 0.05) is 0 Å². The summed E-state index contributed by atoms with van der Waals surface area (Å²) in [5, 5.41) is 21.2. The third kappa shape index (κ3) is 2.24. The van der Waals surface area contributed by atoms with Crippen LogP contribution < -0.4 is 5.06 Å². The van der Waals surface area contributed by atoms with E-state index in [9.17, 15) is 5.21 Å². The fourth-order valence-electron chi connectivity index (χ4n) is 1.06. The molecule has 0 aromatic heterocycles. The zero-order chi connectivity index (χ0) is 10.8. The molecule has 0 saturated carbocycles. The van der Waals surface area contributed by atoms with Crippen LogP contribution in [0.3, 0.4) is 0 Å². The minimum Gasteiger partial charge on any atom is -0.215 e. The lowest BCUT2D eigenvalue weighted by Crippen LogP contribution is -2.37. The number of hydrogen-bond donors (Lipinski definition) is 0. The summed E-state index contributed by atoms with van der Waals surface area (Å²) >= 11 is 0. The first-order valence-electron chi connectivity index (χ1n) is 4.42. The number of nitriles is 1. The Morgan fingerprint density at radius 3 is 2.07 bits per heavy atom. The quantitative estimate of drug-likeness (QED) is 0.637. The van der Waals surface area contributed by atoms with Gasteiger partial charge in [-0.25, -0.2) is 5.06 Å². The van der Waals surface area contributed by atoms with Gasteiger partial charge in [0.05, 0.1) is 22.9 Å². The van der Waals surface area contributed by atoms with Crippen LogP contribution >= 0.6 is 0 Å². The summed E-state index contributed by atoms with van der Waals surface area (Å²) in [6.07, 6.45) is 0. The predicted molar refractivity (Wildman–Crippen MR) is 54.1 cm³/mol. The second kappa shape index (κ2) is 3.69. The van der Waals surface area contributed by atoms with Crippen LogP contribution in [0.25, 0.3) is 0 Å². The predicted octanol–water partition coefficient (Wildman–Crippen LogP) is 2.51. The Balaban J connectivity index is 2.94. The van der Waals surface area contributed by atoms with E-state index < -0.39 is 5.54 Å². The summed E-state index contributed by atoms with van der Waals surface area (Å²) < 4.78 is 0. The second-order valence-corrected chi connectivity index (χ2v) is 4.12.